The maximum Gasteiger partial charge on any atom is 0.274 e. The molecule has 0 saturated heterocycles. The van der Waals surface area contributed by atoms with Gasteiger partial charge in [0, 0.05) is 38.2 Å². The first kappa shape index (κ1) is 19.8. The number of nitrogens with one attached hydrogen (secondary N) is 1. The van der Waals surface area contributed by atoms with Crippen LogP contribution in [0.25, 0.3) is 5.65 Å². The fourth-order valence-corrected chi connectivity index (χ4v) is 4.32. The lowest BCUT2D eigenvalue weighted by Gasteiger charge is -2.28. The molecule has 1 aliphatic heterocycles. The van der Waals surface area contributed by atoms with Crippen LogP contribution in [-0.2, 0) is 26.1 Å². The molecule has 1 N–H and O–H groups in total. The lowest BCUT2D eigenvalue weighted by Crippen LogP contribution is -2.37. The zero-order chi connectivity index (χ0) is 21.4. The lowest BCUT2D eigenvalue weighted by atomic mass is 9.99. The van der Waals surface area contributed by atoms with Gasteiger partial charge in [0.2, 0.25) is 0 Å². The predicted octanol–water partition coefficient (Wildman–Crippen LogP) is 3.54. The maximum atomic E-state index is 13.6. The van der Waals surface area contributed by atoms with E-state index in [2.05, 4.69) is 33.1 Å². The van der Waals surface area contributed by atoms with E-state index < -0.39 is 0 Å². The van der Waals surface area contributed by atoms with Gasteiger partial charge in [-0.05, 0) is 36.7 Å². The number of fused-ring (bicyclic) bond motifs is 2. The Bertz CT molecular complexity index is 1230. The summed E-state index contributed by atoms with van der Waals surface area (Å²) in [5.41, 5.74) is 4.53. The molecule has 7 nitrogen and oxygen atoms in total. The quantitative estimate of drug-likeness (QED) is 0.521. The van der Waals surface area contributed by atoms with Gasteiger partial charge in [0.25, 0.3) is 5.91 Å². The first-order valence-corrected chi connectivity index (χ1v) is 10.7. The molecule has 0 fully saturated rings. The third kappa shape index (κ3) is 3.94. The normalized spacial score (nSPS) is 13.7. The van der Waals surface area contributed by atoms with Gasteiger partial charge in [-0.2, -0.15) is 0 Å². The Labute approximate surface area is 185 Å². The smallest absolute Gasteiger partial charge is 0.274 e. The second-order valence-electron chi connectivity index (χ2n) is 7.94. The number of carbonyl (C=O) groups excluding carboxylic acids is 1. The number of rotatable bonds is 5. The summed E-state index contributed by atoms with van der Waals surface area (Å²) in [5.74, 6) is 0.825. The van der Waals surface area contributed by atoms with Crippen molar-refractivity contribution in [1.82, 2.24) is 29.2 Å². The molecule has 0 atom stereocenters. The number of halogens is 1. The Morgan fingerprint density at radius 3 is 2.84 bits per heavy atom. The molecule has 8 heteroatoms. The topological polar surface area (TPSA) is 69.5 Å². The highest BCUT2D eigenvalue weighted by atomic mass is 35.5. The van der Waals surface area contributed by atoms with Crippen molar-refractivity contribution < 1.29 is 4.79 Å². The number of aromatic nitrogens is 4. The van der Waals surface area contributed by atoms with E-state index in [1.165, 1.54) is 11.1 Å². The van der Waals surface area contributed by atoms with E-state index in [-0.39, 0.29) is 5.91 Å². The van der Waals surface area contributed by atoms with Gasteiger partial charge >= 0.3 is 0 Å². The average Bonchev–Trinajstić information content (AvgIpc) is 3.41. The number of H-pyrrole nitrogens is 1. The van der Waals surface area contributed by atoms with Gasteiger partial charge in [0.15, 0.2) is 5.69 Å². The molecule has 5 rings (SSSR count). The van der Waals surface area contributed by atoms with E-state index in [0.29, 0.717) is 42.5 Å². The van der Waals surface area contributed by atoms with Crippen molar-refractivity contribution in [2.24, 2.45) is 0 Å². The summed E-state index contributed by atoms with van der Waals surface area (Å²) in [4.78, 5) is 29.7. The minimum Gasteiger partial charge on any atom is -0.348 e. The van der Waals surface area contributed by atoms with Gasteiger partial charge in [-0.15, -0.1) is 0 Å². The van der Waals surface area contributed by atoms with Gasteiger partial charge in [-0.3, -0.25) is 9.69 Å². The minimum absolute atomic E-state index is 0.0456. The van der Waals surface area contributed by atoms with Gasteiger partial charge in [-0.25, -0.2) is 9.97 Å². The maximum absolute atomic E-state index is 13.6. The SMILES string of the molecule is CN(Cc1ncc[nH]1)Cc1c(C(=O)N2CCc3ccccc3C2)nc2ccc(Cl)cn12. The third-order valence-corrected chi connectivity index (χ3v) is 5.92. The van der Waals surface area contributed by atoms with Crippen LogP contribution in [0, 0.1) is 0 Å². The Hall–Kier alpha value is -3.16. The molecule has 1 aliphatic rings. The summed E-state index contributed by atoms with van der Waals surface area (Å²) in [5, 5.41) is 0.603. The van der Waals surface area contributed by atoms with Crippen molar-refractivity contribution >= 4 is 23.2 Å². The summed E-state index contributed by atoms with van der Waals surface area (Å²) in [6.07, 6.45) is 6.22. The molecule has 31 heavy (non-hydrogen) atoms. The second kappa shape index (κ2) is 8.17. The van der Waals surface area contributed by atoms with Crippen molar-refractivity contribution in [3.63, 3.8) is 0 Å². The molecule has 0 saturated carbocycles. The Balaban J connectivity index is 1.47. The lowest BCUT2D eigenvalue weighted by molar-refractivity contribution is 0.0727. The standard InChI is InChI=1S/C23H23ClN6O/c1-28(15-20-25-9-10-26-20)14-19-22(27-21-7-6-18(24)13-30(19)21)23(31)29-11-8-16-4-2-3-5-17(16)12-29/h2-7,9-10,13H,8,11-12,14-15H2,1H3,(H,25,26). The number of nitrogens with zero attached hydrogens (tertiary/aromatic N) is 5. The number of aromatic amines is 1. The molecular formula is C23H23ClN6O. The molecule has 4 aromatic rings. The average molecular weight is 435 g/mol. The number of pyridine rings is 1. The van der Waals surface area contributed by atoms with E-state index in [4.69, 9.17) is 16.6 Å². The van der Waals surface area contributed by atoms with Gasteiger partial charge < -0.3 is 14.3 Å². The number of hydrogen-bond donors (Lipinski definition) is 1. The van der Waals surface area contributed by atoms with Gasteiger partial charge in [0.1, 0.15) is 11.5 Å². The van der Waals surface area contributed by atoms with Gasteiger partial charge in [0.05, 0.1) is 17.3 Å². The van der Waals surface area contributed by atoms with E-state index >= 15 is 0 Å². The molecule has 0 radical (unpaired) electrons. The molecule has 0 unspecified atom stereocenters. The second-order valence-corrected chi connectivity index (χ2v) is 8.37. The highest BCUT2D eigenvalue weighted by Crippen LogP contribution is 2.24. The number of benzene rings is 1. The first-order valence-electron chi connectivity index (χ1n) is 10.3. The van der Waals surface area contributed by atoms with Crippen LogP contribution in [0.5, 0.6) is 0 Å². The molecule has 3 aromatic heterocycles. The molecule has 0 aliphatic carbocycles. The van der Waals surface area contributed by atoms with Crippen LogP contribution in [0.3, 0.4) is 0 Å². The predicted molar refractivity (Wildman–Crippen MR) is 119 cm³/mol. The van der Waals surface area contributed by atoms with Crippen LogP contribution in [0.2, 0.25) is 5.02 Å². The zero-order valence-corrected chi connectivity index (χ0v) is 18.0. The van der Waals surface area contributed by atoms with Gasteiger partial charge in [-0.1, -0.05) is 35.9 Å². The van der Waals surface area contributed by atoms with Crippen LogP contribution in [0.1, 0.15) is 33.1 Å². The van der Waals surface area contributed by atoms with Crippen molar-refractivity contribution in [1.29, 1.82) is 0 Å². The summed E-state index contributed by atoms with van der Waals surface area (Å²) in [6, 6.07) is 11.9. The molecule has 4 heterocycles. The fraction of sp³-hybridized carbons (Fsp3) is 0.261. The summed E-state index contributed by atoms with van der Waals surface area (Å²) in [6.45, 7) is 2.46. The van der Waals surface area contributed by atoms with Crippen LogP contribution in [0.15, 0.2) is 55.0 Å². The molecule has 0 spiro atoms. The van der Waals surface area contributed by atoms with E-state index in [0.717, 1.165) is 17.9 Å². The summed E-state index contributed by atoms with van der Waals surface area (Å²) >= 11 is 6.26. The number of imidazole rings is 2. The van der Waals surface area contributed by atoms with E-state index in [1.54, 1.807) is 18.5 Å². The first-order chi connectivity index (χ1) is 15.1. The third-order valence-electron chi connectivity index (χ3n) is 5.70. The number of amides is 1. The molecule has 1 amide bonds. The van der Waals surface area contributed by atoms with Crippen LogP contribution >= 0.6 is 11.6 Å². The minimum atomic E-state index is -0.0456. The molecule has 158 valence electrons. The van der Waals surface area contributed by atoms with Crippen molar-refractivity contribution in [3.05, 3.63) is 88.4 Å². The van der Waals surface area contributed by atoms with E-state index in [9.17, 15) is 4.79 Å². The van der Waals surface area contributed by atoms with Crippen LogP contribution < -0.4 is 0 Å². The highest BCUT2D eigenvalue weighted by Gasteiger charge is 2.27. The van der Waals surface area contributed by atoms with Crippen LogP contribution in [0.4, 0.5) is 0 Å². The highest BCUT2D eigenvalue weighted by molar-refractivity contribution is 6.30. The Morgan fingerprint density at radius 1 is 1.19 bits per heavy atom. The number of carbonyl (C=O) groups is 1. The summed E-state index contributed by atoms with van der Waals surface area (Å²) < 4.78 is 1.92. The molecular weight excluding hydrogens is 412 g/mol. The van der Waals surface area contributed by atoms with E-state index in [1.807, 2.05) is 34.7 Å². The Morgan fingerprint density at radius 2 is 2.03 bits per heavy atom. The number of hydrogen-bond acceptors (Lipinski definition) is 4. The molecule has 0 bridgehead atoms. The van der Waals surface area contributed by atoms with Crippen molar-refractivity contribution in [2.75, 3.05) is 13.6 Å². The monoisotopic (exact) mass is 434 g/mol. The largest absolute Gasteiger partial charge is 0.348 e. The van der Waals surface area contributed by atoms with Crippen LogP contribution in [-0.4, -0.2) is 48.7 Å². The Kier molecular flexibility index (Phi) is 5.21. The van der Waals surface area contributed by atoms with Crippen molar-refractivity contribution in [3.8, 4) is 0 Å². The van der Waals surface area contributed by atoms with Crippen molar-refractivity contribution in [2.45, 2.75) is 26.1 Å². The molecule has 1 aromatic carbocycles. The zero-order valence-electron chi connectivity index (χ0n) is 17.3. The fourth-order valence-electron chi connectivity index (χ4n) is 4.16. The summed E-state index contributed by atoms with van der Waals surface area (Å²) in [7, 11) is 2.00.